The molecule has 1 aliphatic rings. The second-order valence-electron chi connectivity index (χ2n) is 5.94. The van der Waals surface area contributed by atoms with Crippen molar-refractivity contribution in [1.82, 2.24) is 15.3 Å². The van der Waals surface area contributed by atoms with Gasteiger partial charge in [-0.3, -0.25) is 0 Å². The molecule has 0 aromatic carbocycles. The van der Waals surface area contributed by atoms with Crippen molar-refractivity contribution >= 4 is 11.8 Å². The molecule has 0 unspecified atom stereocenters. The minimum atomic E-state index is 0.477. The first-order valence-electron chi connectivity index (χ1n) is 7.25. The zero-order valence-electron chi connectivity index (χ0n) is 12.5. The van der Waals surface area contributed by atoms with E-state index in [0.717, 1.165) is 37.0 Å². The second kappa shape index (κ2) is 6.71. The van der Waals surface area contributed by atoms with Gasteiger partial charge in [0.15, 0.2) is 0 Å². The highest BCUT2D eigenvalue weighted by molar-refractivity contribution is 7.98. The van der Waals surface area contributed by atoms with E-state index in [9.17, 15) is 0 Å². The van der Waals surface area contributed by atoms with Crippen molar-refractivity contribution in [3.8, 4) is 0 Å². The quantitative estimate of drug-likeness (QED) is 0.898. The fourth-order valence-corrected chi connectivity index (χ4v) is 3.25. The Morgan fingerprint density at radius 1 is 1.21 bits per heavy atom. The number of hydrogen-bond acceptors (Lipinski definition) is 4. The maximum Gasteiger partial charge on any atom is 0.138 e. The Morgan fingerprint density at radius 3 is 2.68 bits per heavy atom. The lowest BCUT2D eigenvalue weighted by Crippen LogP contribution is -2.27. The molecule has 106 valence electrons. The van der Waals surface area contributed by atoms with E-state index >= 15 is 0 Å². The van der Waals surface area contributed by atoms with E-state index in [2.05, 4.69) is 33.0 Å². The molecule has 0 atom stereocenters. The summed E-state index contributed by atoms with van der Waals surface area (Å²) in [6.45, 7) is 10.9. The minimum Gasteiger partial charge on any atom is -0.312 e. The van der Waals surface area contributed by atoms with Crippen LogP contribution in [-0.2, 0) is 18.7 Å². The molecular weight excluding hydrogens is 254 g/mol. The Kier molecular flexibility index (Phi) is 5.22. The van der Waals surface area contributed by atoms with E-state index in [1.807, 2.05) is 11.8 Å². The molecule has 2 rings (SSSR count). The molecule has 0 radical (unpaired) electrons. The highest BCUT2D eigenvalue weighted by Gasteiger charge is 2.19. The van der Waals surface area contributed by atoms with Crippen LogP contribution in [-0.4, -0.2) is 22.3 Å². The molecule has 0 saturated heterocycles. The van der Waals surface area contributed by atoms with Gasteiger partial charge < -0.3 is 5.32 Å². The minimum absolute atomic E-state index is 0.477. The molecule has 0 amide bonds. The monoisotopic (exact) mass is 279 g/mol. The van der Waals surface area contributed by atoms with Crippen LogP contribution in [0, 0.1) is 5.92 Å². The molecule has 1 aromatic heterocycles. The molecule has 1 N–H and O–H groups in total. The topological polar surface area (TPSA) is 37.8 Å². The van der Waals surface area contributed by atoms with Crippen LogP contribution >= 0.6 is 11.8 Å². The summed E-state index contributed by atoms with van der Waals surface area (Å²) in [6.07, 6.45) is 1.04. The van der Waals surface area contributed by atoms with Gasteiger partial charge in [0.05, 0.1) is 17.1 Å². The summed E-state index contributed by atoms with van der Waals surface area (Å²) in [7, 11) is 0. The maximum absolute atomic E-state index is 4.81. The Bertz CT molecular complexity index is 430. The zero-order valence-corrected chi connectivity index (χ0v) is 13.3. The molecule has 0 bridgehead atoms. The van der Waals surface area contributed by atoms with E-state index in [1.165, 1.54) is 22.7 Å². The smallest absolute Gasteiger partial charge is 0.138 e. The van der Waals surface area contributed by atoms with Crippen LogP contribution in [0.1, 0.15) is 56.4 Å². The van der Waals surface area contributed by atoms with Crippen molar-refractivity contribution in [2.75, 3.05) is 12.3 Å². The maximum atomic E-state index is 4.81. The standard InChI is InChI=1S/C15H25N3S/c1-10(2)8-19-9-14-17-13-5-6-16-7-12(13)15(18-14)11(3)4/h10-11,16H,5-9H2,1-4H3. The first-order valence-corrected chi connectivity index (χ1v) is 8.40. The number of nitrogens with one attached hydrogen (secondary N) is 1. The van der Waals surface area contributed by atoms with Gasteiger partial charge in [-0.1, -0.05) is 27.7 Å². The summed E-state index contributed by atoms with van der Waals surface area (Å²) < 4.78 is 0. The normalized spacial score (nSPS) is 15.1. The first-order chi connectivity index (χ1) is 9.08. The summed E-state index contributed by atoms with van der Waals surface area (Å²) in [4.78, 5) is 9.59. The Morgan fingerprint density at radius 2 is 2.00 bits per heavy atom. The van der Waals surface area contributed by atoms with E-state index in [-0.39, 0.29) is 0 Å². The van der Waals surface area contributed by atoms with Crippen molar-refractivity contribution in [2.24, 2.45) is 5.92 Å². The van der Waals surface area contributed by atoms with Gasteiger partial charge in [0, 0.05) is 25.1 Å². The van der Waals surface area contributed by atoms with Crippen molar-refractivity contribution in [3.05, 3.63) is 22.8 Å². The highest BCUT2D eigenvalue weighted by atomic mass is 32.2. The lowest BCUT2D eigenvalue weighted by Gasteiger charge is -2.21. The number of hydrogen-bond donors (Lipinski definition) is 1. The average molecular weight is 279 g/mol. The number of fused-ring (bicyclic) bond motifs is 1. The van der Waals surface area contributed by atoms with E-state index in [0.29, 0.717) is 5.92 Å². The lowest BCUT2D eigenvalue weighted by molar-refractivity contribution is 0.603. The van der Waals surface area contributed by atoms with Crippen molar-refractivity contribution < 1.29 is 0 Å². The molecule has 1 aliphatic heterocycles. The van der Waals surface area contributed by atoms with Crippen LogP contribution < -0.4 is 5.32 Å². The van der Waals surface area contributed by atoms with Crippen molar-refractivity contribution in [2.45, 2.75) is 52.3 Å². The van der Waals surface area contributed by atoms with Gasteiger partial charge >= 0.3 is 0 Å². The first kappa shape index (κ1) is 14.8. The van der Waals surface area contributed by atoms with Gasteiger partial charge in [-0.25, -0.2) is 9.97 Å². The van der Waals surface area contributed by atoms with Crippen LogP contribution in [0.2, 0.25) is 0 Å². The SMILES string of the molecule is CC(C)CSCc1nc2c(c(C(C)C)n1)CNCC2. The summed E-state index contributed by atoms with van der Waals surface area (Å²) in [5.74, 6) is 4.36. The number of rotatable bonds is 5. The van der Waals surface area contributed by atoms with Crippen LogP contribution in [0.15, 0.2) is 0 Å². The fourth-order valence-electron chi connectivity index (χ4n) is 2.35. The van der Waals surface area contributed by atoms with Gasteiger partial charge in [0.2, 0.25) is 0 Å². The van der Waals surface area contributed by atoms with Crippen molar-refractivity contribution in [3.63, 3.8) is 0 Å². The molecule has 0 saturated carbocycles. The molecule has 1 aromatic rings. The average Bonchev–Trinajstić information content (AvgIpc) is 2.37. The number of thioether (sulfide) groups is 1. The van der Waals surface area contributed by atoms with E-state index in [4.69, 9.17) is 9.97 Å². The largest absolute Gasteiger partial charge is 0.312 e. The van der Waals surface area contributed by atoms with Crippen molar-refractivity contribution in [1.29, 1.82) is 0 Å². The summed E-state index contributed by atoms with van der Waals surface area (Å²) in [5, 5.41) is 3.43. The van der Waals surface area contributed by atoms with Gasteiger partial charge in [-0.05, 0) is 17.6 Å². The van der Waals surface area contributed by atoms with Gasteiger partial charge in [0.25, 0.3) is 0 Å². The molecule has 2 heterocycles. The van der Waals surface area contributed by atoms with Crippen LogP contribution in [0.4, 0.5) is 0 Å². The van der Waals surface area contributed by atoms with E-state index < -0.39 is 0 Å². The van der Waals surface area contributed by atoms with Crippen LogP contribution in [0.25, 0.3) is 0 Å². The highest BCUT2D eigenvalue weighted by Crippen LogP contribution is 2.24. The van der Waals surface area contributed by atoms with Gasteiger partial charge in [-0.15, -0.1) is 0 Å². The van der Waals surface area contributed by atoms with Crippen LogP contribution in [0.5, 0.6) is 0 Å². The molecule has 0 fully saturated rings. The van der Waals surface area contributed by atoms with E-state index in [1.54, 1.807) is 0 Å². The summed E-state index contributed by atoms with van der Waals surface area (Å²) >= 11 is 1.94. The summed E-state index contributed by atoms with van der Waals surface area (Å²) in [6, 6.07) is 0. The lowest BCUT2D eigenvalue weighted by atomic mass is 9.98. The third kappa shape index (κ3) is 3.93. The second-order valence-corrected chi connectivity index (χ2v) is 6.97. The number of nitrogens with zero attached hydrogens (tertiary/aromatic N) is 2. The molecule has 3 nitrogen and oxygen atoms in total. The predicted octanol–water partition coefficient (Wildman–Crippen LogP) is 3.13. The number of aromatic nitrogens is 2. The van der Waals surface area contributed by atoms with Gasteiger partial charge in [-0.2, -0.15) is 11.8 Å². The molecule has 0 spiro atoms. The van der Waals surface area contributed by atoms with Gasteiger partial charge in [0.1, 0.15) is 5.82 Å². The molecule has 0 aliphatic carbocycles. The third-order valence-electron chi connectivity index (χ3n) is 3.24. The Balaban J connectivity index is 2.18. The Hall–Kier alpha value is -0.610. The molecule has 4 heteroatoms. The third-order valence-corrected chi connectivity index (χ3v) is 4.61. The van der Waals surface area contributed by atoms with Crippen LogP contribution in [0.3, 0.4) is 0 Å². The summed E-state index contributed by atoms with van der Waals surface area (Å²) in [5.41, 5.74) is 3.87. The fraction of sp³-hybridized carbons (Fsp3) is 0.733. The Labute approximate surface area is 121 Å². The molecular formula is C15H25N3S. The predicted molar refractivity (Wildman–Crippen MR) is 82.5 cm³/mol. The molecule has 19 heavy (non-hydrogen) atoms. The zero-order chi connectivity index (χ0) is 13.8.